The zero-order chi connectivity index (χ0) is 20.1. The molecule has 28 heavy (non-hydrogen) atoms. The molecule has 1 N–H and O–H groups in total. The number of piperidine rings is 1. The van der Waals surface area contributed by atoms with Gasteiger partial charge in [-0.1, -0.05) is 49.4 Å². The molecule has 2 atom stereocenters. The van der Waals surface area contributed by atoms with Crippen molar-refractivity contribution in [2.45, 2.75) is 53.2 Å². The SMILES string of the molecule is Cc1csc(=O)n1CCC(=O)NCc1ccc(CN2C[C@H](C)C[C@@H](C)C2)cc1. The van der Waals surface area contributed by atoms with Gasteiger partial charge in [-0.25, -0.2) is 0 Å². The van der Waals surface area contributed by atoms with E-state index in [1.807, 2.05) is 12.3 Å². The number of benzene rings is 1. The van der Waals surface area contributed by atoms with E-state index < -0.39 is 0 Å². The fraction of sp³-hybridized carbons (Fsp3) is 0.545. The lowest BCUT2D eigenvalue weighted by atomic mass is 9.91. The molecule has 0 radical (unpaired) electrons. The first-order valence-corrected chi connectivity index (χ1v) is 11.0. The molecule has 0 spiro atoms. The highest BCUT2D eigenvalue weighted by Gasteiger charge is 2.21. The minimum atomic E-state index is -0.0298. The summed E-state index contributed by atoms with van der Waals surface area (Å²) in [6, 6.07) is 8.53. The molecule has 1 aromatic carbocycles. The third-order valence-electron chi connectivity index (χ3n) is 5.40. The molecule has 0 bridgehead atoms. The number of nitrogens with one attached hydrogen (secondary N) is 1. The first kappa shape index (κ1) is 20.8. The summed E-state index contributed by atoms with van der Waals surface area (Å²) in [6.45, 7) is 10.9. The normalized spacial score (nSPS) is 20.2. The van der Waals surface area contributed by atoms with Gasteiger partial charge < -0.3 is 9.88 Å². The lowest BCUT2D eigenvalue weighted by Gasteiger charge is -2.35. The Morgan fingerprint density at radius 2 is 1.79 bits per heavy atom. The Balaban J connectivity index is 1.44. The molecule has 5 nitrogen and oxygen atoms in total. The molecular weight excluding hydrogens is 370 g/mol. The number of aryl methyl sites for hydroxylation is 1. The van der Waals surface area contributed by atoms with E-state index >= 15 is 0 Å². The van der Waals surface area contributed by atoms with Gasteiger partial charge in [0.1, 0.15) is 0 Å². The van der Waals surface area contributed by atoms with Crippen molar-refractivity contribution in [3.05, 3.63) is 56.1 Å². The topological polar surface area (TPSA) is 54.3 Å². The lowest BCUT2D eigenvalue weighted by Crippen LogP contribution is -2.38. The number of likely N-dealkylation sites (tertiary alicyclic amines) is 1. The van der Waals surface area contributed by atoms with Gasteiger partial charge in [-0.05, 0) is 36.3 Å². The Morgan fingerprint density at radius 1 is 1.14 bits per heavy atom. The highest BCUT2D eigenvalue weighted by Crippen LogP contribution is 2.22. The van der Waals surface area contributed by atoms with E-state index in [9.17, 15) is 9.59 Å². The van der Waals surface area contributed by atoms with Gasteiger partial charge in [0.25, 0.3) is 0 Å². The summed E-state index contributed by atoms with van der Waals surface area (Å²) >= 11 is 1.18. The number of carbonyl (C=O) groups excluding carboxylic acids is 1. The maximum atomic E-state index is 12.1. The van der Waals surface area contributed by atoms with Crippen LogP contribution in [0.3, 0.4) is 0 Å². The molecule has 0 aliphatic carbocycles. The fourth-order valence-electron chi connectivity index (χ4n) is 4.12. The maximum absolute atomic E-state index is 12.1. The number of hydrogen-bond donors (Lipinski definition) is 1. The Hall–Kier alpha value is -1.92. The Labute approximate surface area is 171 Å². The predicted octanol–water partition coefficient (Wildman–Crippen LogP) is 3.40. The number of carbonyl (C=O) groups is 1. The summed E-state index contributed by atoms with van der Waals surface area (Å²) < 4.78 is 1.65. The van der Waals surface area contributed by atoms with Crippen LogP contribution in [0.2, 0.25) is 0 Å². The van der Waals surface area contributed by atoms with E-state index in [0.717, 1.165) is 29.6 Å². The molecule has 1 aliphatic rings. The highest BCUT2D eigenvalue weighted by atomic mass is 32.1. The van der Waals surface area contributed by atoms with Crippen LogP contribution in [0.1, 0.15) is 43.5 Å². The molecular formula is C22H31N3O2S. The van der Waals surface area contributed by atoms with Crippen LogP contribution in [0.4, 0.5) is 0 Å². The summed E-state index contributed by atoms with van der Waals surface area (Å²) in [5.74, 6) is 1.51. The molecule has 152 valence electrons. The van der Waals surface area contributed by atoms with Crippen LogP contribution in [0.25, 0.3) is 0 Å². The van der Waals surface area contributed by atoms with E-state index in [-0.39, 0.29) is 10.8 Å². The van der Waals surface area contributed by atoms with Crippen molar-refractivity contribution in [1.29, 1.82) is 0 Å². The summed E-state index contributed by atoms with van der Waals surface area (Å²) in [4.78, 5) is 26.3. The Morgan fingerprint density at radius 3 is 2.39 bits per heavy atom. The smallest absolute Gasteiger partial charge is 0.307 e. The van der Waals surface area contributed by atoms with Crippen LogP contribution in [-0.4, -0.2) is 28.5 Å². The molecule has 1 saturated heterocycles. The summed E-state index contributed by atoms with van der Waals surface area (Å²) in [5, 5.41) is 4.78. The van der Waals surface area contributed by atoms with Crippen molar-refractivity contribution in [2.75, 3.05) is 13.1 Å². The van der Waals surface area contributed by atoms with Gasteiger partial charge in [0.2, 0.25) is 5.91 Å². The van der Waals surface area contributed by atoms with Crippen molar-refractivity contribution in [2.24, 2.45) is 11.8 Å². The van der Waals surface area contributed by atoms with Crippen molar-refractivity contribution in [3.8, 4) is 0 Å². The zero-order valence-corrected chi connectivity index (χ0v) is 17.9. The van der Waals surface area contributed by atoms with Gasteiger partial charge in [-0.3, -0.25) is 14.5 Å². The molecule has 1 aliphatic heterocycles. The summed E-state index contributed by atoms with van der Waals surface area (Å²) in [7, 11) is 0. The zero-order valence-electron chi connectivity index (χ0n) is 17.1. The molecule has 3 rings (SSSR count). The van der Waals surface area contributed by atoms with Gasteiger partial charge in [0.15, 0.2) is 0 Å². The molecule has 0 saturated carbocycles. The average Bonchev–Trinajstić information content (AvgIpc) is 2.96. The number of nitrogens with zero attached hydrogens (tertiary/aromatic N) is 2. The van der Waals surface area contributed by atoms with E-state index in [0.29, 0.717) is 19.5 Å². The van der Waals surface area contributed by atoms with E-state index in [2.05, 4.69) is 48.3 Å². The van der Waals surface area contributed by atoms with Crippen LogP contribution in [-0.2, 0) is 24.4 Å². The van der Waals surface area contributed by atoms with Crippen LogP contribution in [0, 0.1) is 18.8 Å². The van der Waals surface area contributed by atoms with E-state index in [1.165, 1.54) is 36.4 Å². The number of rotatable bonds is 7. The number of hydrogen-bond acceptors (Lipinski definition) is 4. The molecule has 0 unspecified atom stereocenters. The van der Waals surface area contributed by atoms with Crippen molar-refractivity contribution in [3.63, 3.8) is 0 Å². The molecule has 2 aromatic rings. The third kappa shape index (κ3) is 5.79. The average molecular weight is 402 g/mol. The summed E-state index contributed by atoms with van der Waals surface area (Å²) in [6.07, 6.45) is 1.65. The third-order valence-corrected chi connectivity index (χ3v) is 6.28. The first-order chi connectivity index (χ1) is 13.4. The van der Waals surface area contributed by atoms with Crippen molar-refractivity contribution >= 4 is 17.2 Å². The second-order valence-electron chi connectivity index (χ2n) is 8.28. The predicted molar refractivity (Wildman–Crippen MR) is 114 cm³/mol. The molecule has 1 fully saturated rings. The highest BCUT2D eigenvalue weighted by molar-refractivity contribution is 7.07. The van der Waals surface area contributed by atoms with Gasteiger partial charge in [0.05, 0.1) is 0 Å². The van der Waals surface area contributed by atoms with Gasteiger partial charge >= 0.3 is 4.87 Å². The summed E-state index contributed by atoms with van der Waals surface area (Å²) in [5.41, 5.74) is 3.33. The van der Waals surface area contributed by atoms with Crippen LogP contribution < -0.4 is 10.2 Å². The molecule has 6 heteroatoms. The molecule has 1 aromatic heterocycles. The Kier molecular flexibility index (Phi) is 7.08. The number of aromatic nitrogens is 1. The van der Waals surface area contributed by atoms with E-state index in [1.54, 1.807) is 4.57 Å². The van der Waals surface area contributed by atoms with E-state index in [4.69, 9.17) is 0 Å². The molecule has 1 amide bonds. The number of amides is 1. The van der Waals surface area contributed by atoms with Crippen molar-refractivity contribution < 1.29 is 4.79 Å². The second-order valence-corrected chi connectivity index (χ2v) is 9.10. The number of thiazole rings is 1. The second kappa shape index (κ2) is 9.52. The monoisotopic (exact) mass is 401 g/mol. The standard InChI is InChI=1S/C22H31N3O2S/c1-16-10-17(2)13-24(12-16)14-20-6-4-19(5-7-20)11-23-21(26)8-9-25-18(3)15-28-22(25)27/h4-7,15-17H,8-14H2,1-3H3,(H,23,26)/t16-,17-/m1/s1. The quantitative estimate of drug-likeness (QED) is 0.774. The minimum absolute atomic E-state index is 0.00150. The largest absolute Gasteiger partial charge is 0.352 e. The van der Waals surface area contributed by atoms with Crippen molar-refractivity contribution in [1.82, 2.24) is 14.8 Å². The van der Waals surface area contributed by atoms with Crippen LogP contribution in [0.15, 0.2) is 34.4 Å². The van der Waals surface area contributed by atoms with Gasteiger partial charge in [0, 0.05) is 50.2 Å². The Bertz CT molecular complexity index is 830. The fourth-order valence-corrected chi connectivity index (χ4v) is 4.88. The molecule has 2 heterocycles. The van der Waals surface area contributed by atoms with Crippen LogP contribution >= 0.6 is 11.3 Å². The minimum Gasteiger partial charge on any atom is -0.352 e. The van der Waals surface area contributed by atoms with Crippen LogP contribution in [0.5, 0.6) is 0 Å². The first-order valence-electron chi connectivity index (χ1n) is 10.1. The lowest BCUT2D eigenvalue weighted by molar-refractivity contribution is -0.121. The maximum Gasteiger partial charge on any atom is 0.307 e. The van der Waals surface area contributed by atoms with Gasteiger partial charge in [-0.15, -0.1) is 0 Å². The van der Waals surface area contributed by atoms with Gasteiger partial charge in [-0.2, -0.15) is 0 Å².